The Bertz CT molecular complexity index is 1120. The molecule has 0 radical (unpaired) electrons. The molecule has 0 unspecified atom stereocenters. The average Bonchev–Trinajstić information content (AvgIpc) is 2.92. The van der Waals surface area contributed by atoms with Crippen LogP contribution in [0.4, 0.5) is 5.69 Å². The standard InChI is InChI=1S/C28H28N2O4S/c31-25(30-18-16-22(17-19-30)27(32)29-23-12-6-2-7-13-23)20-34-28(33)26(21-10-4-1-5-11-21)35-24-14-8-3-9-15-24/h1-15,22,26H,16-20H2,(H,29,32)/t26-/m1/s1. The molecule has 3 aromatic rings. The topological polar surface area (TPSA) is 75.7 Å². The quantitative estimate of drug-likeness (QED) is 0.359. The molecular weight excluding hydrogens is 460 g/mol. The van der Waals surface area contributed by atoms with Crippen LogP contribution in [-0.4, -0.2) is 42.4 Å². The van der Waals surface area contributed by atoms with Crippen LogP contribution in [0, 0.1) is 5.92 Å². The number of benzene rings is 3. The number of esters is 1. The van der Waals surface area contributed by atoms with E-state index in [2.05, 4.69) is 5.32 Å². The molecule has 3 aromatic carbocycles. The summed E-state index contributed by atoms with van der Waals surface area (Å²) in [7, 11) is 0. The average molecular weight is 489 g/mol. The van der Waals surface area contributed by atoms with Gasteiger partial charge < -0.3 is 15.0 Å². The van der Waals surface area contributed by atoms with Gasteiger partial charge in [-0.2, -0.15) is 0 Å². The van der Waals surface area contributed by atoms with Gasteiger partial charge in [0.25, 0.3) is 5.91 Å². The van der Waals surface area contributed by atoms with Gasteiger partial charge in [-0.1, -0.05) is 66.7 Å². The zero-order valence-electron chi connectivity index (χ0n) is 19.3. The highest BCUT2D eigenvalue weighted by atomic mass is 32.2. The van der Waals surface area contributed by atoms with Crippen molar-refractivity contribution in [3.63, 3.8) is 0 Å². The molecule has 1 heterocycles. The molecule has 7 heteroatoms. The third-order valence-electron chi connectivity index (χ3n) is 5.91. The van der Waals surface area contributed by atoms with Gasteiger partial charge in [0, 0.05) is 29.6 Å². The molecule has 1 N–H and O–H groups in total. The number of carbonyl (C=O) groups is 3. The number of rotatable bonds is 8. The summed E-state index contributed by atoms with van der Waals surface area (Å²) in [6, 6.07) is 28.4. The molecule has 0 aliphatic carbocycles. The molecule has 1 aliphatic rings. The molecule has 35 heavy (non-hydrogen) atoms. The molecule has 6 nitrogen and oxygen atoms in total. The Morgan fingerprint density at radius 1 is 0.857 bits per heavy atom. The highest BCUT2D eigenvalue weighted by Gasteiger charge is 2.29. The van der Waals surface area contributed by atoms with Crippen LogP contribution in [0.1, 0.15) is 23.7 Å². The molecule has 0 spiro atoms. The van der Waals surface area contributed by atoms with Crippen molar-refractivity contribution in [2.24, 2.45) is 5.92 Å². The SMILES string of the molecule is O=C(Nc1ccccc1)C1CCN(C(=O)COC(=O)[C@H](Sc2ccccc2)c2ccccc2)CC1. The van der Waals surface area contributed by atoms with Crippen LogP contribution < -0.4 is 5.32 Å². The largest absolute Gasteiger partial charge is 0.454 e. The molecule has 0 saturated carbocycles. The highest BCUT2D eigenvalue weighted by molar-refractivity contribution is 8.00. The van der Waals surface area contributed by atoms with Gasteiger partial charge in [-0.25, -0.2) is 0 Å². The summed E-state index contributed by atoms with van der Waals surface area (Å²) in [5.41, 5.74) is 1.59. The number of ether oxygens (including phenoxy) is 1. The fourth-order valence-corrected chi connectivity index (χ4v) is 5.02. The van der Waals surface area contributed by atoms with Crippen molar-refractivity contribution in [3.8, 4) is 0 Å². The van der Waals surface area contributed by atoms with E-state index >= 15 is 0 Å². The number of nitrogens with one attached hydrogen (secondary N) is 1. The van der Waals surface area contributed by atoms with Crippen molar-refractivity contribution in [2.75, 3.05) is 25.0 Å². The van der Waals surface area contributed by atoms with Crippen molar-refractivity contribution in [3.05, 3.63) is 96.6 Å². The van der Waals surface area contributed by atoms with Crippen LogP contribution in [0.25, 0.3) is 0 Å². The molecule has 0 bridgehead atoms. The summed E-state index contributed by atoms with van der Waals surface area (Å²) in [4.78, 5) is 40.9. The second-order valence-corrected chi connectivity index (χ2v) is 9.52. The van der Waals surface area contributed by atoms with Crippen LogP contribution in [0.3, 0.4) is 0 Å². The third kappa shape index (κ3) is 6.96. The number of hydrogen-bond acceptors (Lipinski definition) is 5. The van der Waals surface area contributed by atoms with Crippen molar-refractivity contribution in [1.82, 2.24) is 4.90 Å². The molecule has 4 rings (SSSR count). The van der Waals surface area contributed by atoms with E-state index < -0.39 is 11.2 Å². The van der Waals surface area contributed by atoms with Crippen molar-refractivity contribution < 1.29 is 19.1 Å². The number of carbonyl (C=O) groups excluding carboxylic acids is 3. The fourth-order valence-electron chi connectivity index (χ4n) is 3.97. The van der Waals surface area contributed by atoms with Gasteiger partial charge in [0.05, 0.1) is 0 Å². The summed E-state index contributed by atoms with van der Waals surface area (Å²) in [6.07, 6.45) is 1.16. The Balaban J connectivity index is 1.28. The molecule has 2 amide bonds. The van der Waals surface area contributed by atoms with E-state index in [1.807, 2.05) is 91.0 Å². The lowest BCUT2D eigenvalue weighted by molar-refractivity contribution is -0.152. The number of likely N-dealkylation sites (tertiary alicyclic amines) is 1. The molecule has 1 aliphatic heterocycles. The van der Waals surface area contributed by atoms with E-state index in [9.17, 15) is 14.4 Å². The number of hydrogen-bond donors (Lipinski definition) is 1. The van der Waals surface area contributed by atoms with Crippen LogP contribution in [-0.2, 0) is 19.1 Å². The minimum Gasteiger partial charge on any atom is -0.454 e. The second kappa shape index (κ2) is 12.2. The Hall–Kier alpha value is -3.58. The van der Waals surface area contributed by atoms with Gasteiger partial charge in [0.15, 0.2) is 6.61 Å². The van der Waals surface area contributed by atoms with E-state index in [0.717, 1.165) is 16.1 Å². The van der Waals surface area contributed by atoms with Crippen molar-refractivity contribution in [1.29, 1.82) is 0 Å². The first-order valence-electron chi connectivity index (χ1n) is 11.7. The Morgan fingerprint density at radius 3 is 2.06 bits per heavy atom. The lowest BCUT2D eigenvalue weighted by Gasteiger charge is -2.31. The number of thioether (sulfide) groups is 1. The first kappa shape index (κ1) is 24.5. The maximum atomic E-state index is 13.0. The maximum Gasteiger partial charge on any atom is 0.324 e. The predicted octanol–water partition coefficient (Wildman–Crippen LogP) is 4.94. The Labute approximate surface area is 209 Å². The molecule has 180 valence electrons. The first-order chi connectivity index (χ1) is 17.1. The maximum absolute atomic E-state index is 13.0. The summed E-state index contributed by atoms with van der Waals surface area (Å²) < 4.78 is 5.47. The number of amides is 2. The number of nitrogens with zero attached hydrogens (tertiary/aromatic N) is 1. The minimum absolute atomic E-state index is 0.0293. The number of para-hydroxylation sites is 1. The number of anilines is 1. The Morgan fingerprint density at radius 2 is 1.43 bits per heavy atom. The molecular formula is C28H28N2O4S. The van der Waals surface area contributed by atoms with Gasteiger partial charge in [-0.3, -0.25) is 14.4 Å². The van der Waals surface area contributed by atoms with Gasteiger partial charge in [-0.15, -0.1) is 11.8 Å². The van der Waals surface area contributed by atoms with E-state index in [4.69, 9.17) is 4.74 Å². The molecule has 1 saturated heterocycles. The summed E-state index contributed by atoms with van der Waals surface area (Å²) in [6.45, 7) is 0.618. The van der Waals surface area contributed by atoms with Crippen LogP contribution >= 0.6 is 11.8 Å². The van der Waals surface area contributed by atoms with Gasteiger partial charge in [0.1, 0.15) is 5.25 Å². The van der Waals surface area contributed by atoms with Crippen molar-refractivity contribution in [2.45, 2.75) is 23.0 Å². The molecule has 0 aromatic heterocycles. The van der Waals surface area contributed by atoms with E-state index in [1.165, 1.54) is 11.8 Å². The summed E-state index contributed by atoms with van der Waals surface area (Å²) in [5.74, 6) is -0.864. The zero-order chi connectivity index (χ0) is 24.5. The predicted molar refractivity (Wildman–Crippen MR) is 137 cm³/mol. The Kier molecular flexibility index (Phi) is 8.57. The smallest absolute Gasteiger partial charge is 0.324 e. The zero-order valence-corrected chi connectivity index (χ0v) is 20.2. The summed E-state index contributed by atoms with van der Waals surface area (Å²) in [5, 5.41) is 2.36. The molecule has 1 fully saturated rings. The normalized spacial score (nSPS) is 14.7. The first-order valence-corrected chi connectivity index (χ1v) is 12.5. The monoisotopic (exact) mass is 488 g/mol. The van der Waals surface area contributed by atoms with Crippen LogP contribution in [0.2, 0.25) is 0 Å². The van der Waals surface area contributed by atoms with E-state index in [1.54, 1.807) is 4.90 Å². The lowest BCUT2D eigenvalue weighted by Crippen LogP contribution is -2.43. The fraction of sp³-hybridized carbons (Fsp3) is 0.250. The molecule has 1 atom stereocenters. The summed E-state index contributed by atoms with van der Waals surface area (Å²) >= 11 is 1.40. The van der Waals surface area contributed by atoms with Gasteiger partial charge in [0.2, 0.25) is 5.91 Å². The van der Waals surface area contributed by atoms with E-state index in [0.29, 0.717) is 25.9 Å². The van der Waals surface area contributed by atoms with E-state index in [-0.39, 0.29) is 24.3 Å². The number of piperidine rings is 1. The van der Waals surface area contributed by atoms with Gasteiger partial charge >= 0.3 is 5.97 Å². The minimum atomic E-state index is -0.571. The van der Waals surface area contributed by atoms with Crippen LogP contribution in [0.15, 0.2) is 95.9 Å². The third-order valence-corrected chi connectivity index (χ3v) is 7.16. The second-order valence-electron chi connectivity index (χ2n) is 8.34. The van der Waals surface area contributed by atoms with Gasteiger partial charge in [-0.05, 0) is 42.7 Å². The van der Waals surface area contributed by atoms with Crippen LogP contribution in [0.5, 0.6) is 0 Å². The lowest BCUT2D eigenvalue weighted by atomic mass is 9.95. The van der Waals surface area contributed by atoms with Crippen molar-refractivity contribution >= 4 is 35.2 Å². The highest BCUT2D eigenvalue weighted by Crippen LogP contribution is 2.36.